The van der Waals surface area contributed by atoms with Gasteiger partial charge in [0, 0.05) is 37.4 Å². The zero-order valence-corrected chi connectivity index (χ0v) is 13.2. The third-order valence-corrected chi connectivity index (χ3v) is 3.27. The van der Waals surface area contributed by atoms with Crippen LogP contribution in [0.5, 0.6) is 0 Å². The summed E-state index contributed by atoms with van der Waals surface area (Å²) >= 11 is 0. The number of anilines is 1. The Balaban J connectivity index is 2.65. The number of hydrogen-bond donors (Lipinski definition) is 2. The maximum atomic E-state index is 10.4. The van der Waals surface area contributed by atoms with Gasteiger partial charge in [-0.15, -0.1) is 0 Å². The van der Waals surface area contributed by atoms with Crippen LogP contribution in [0.2, 0.25) is 0 Å². The highest BCUT2D eigenvalue weighted by Gasteiger charge is 2.16. The second kappa shape index (κ2) is 8.25. The van der Waals surface area contributed by atoms with Crippen molar-refractivity contribution in [3.8, 4) is 0 Å². The molecule has 0 aliphatic heterocycles. The molecule has 1 aromatic carbocycles. The van der Waals surface area contributed by atoms with E-state index < -0.39 is 6.10 Å². The lowest BCUT2D eigenvalue weighted by Crippen LogP contribution is -2.37. The molecule has 114 valence electrons. The molecule has 0 aliphatic rings. The van der Waals surface area contributed by atoms with E-state index in [1.54, 1.807) is 0 Å². The molecule has 0 bridgehead atoms. The van der Waals surface area contributed by atoms with Crippen molar-refractivity contribution in [2.75, 3.05) is 46.0 Å². The monoisotopic (exact) mass is 279 g/mol. The van der Waals surface area contributed by atoms with E-state index in [-0.39, 0.29) is 0 Å². The Morgan fingerprint density at radius 3 is 2.30 bits per heavy atom. The highest BCUT2D eigenvalue weighted by atomic mass is 16.3. The minimum absolute atomic E-state index is 0.530. The molecule has 0 aliphatic carbocycles. The molecule has 0 spiro atoms. The Labute approximate surface area is 123 Å². The molecule has 3 N–H and O–H groups in total. The maximum absolute atomic E-state index is 10.4. The summed E-state index contributed by atoms with van der Waals surface area (Å²) in [5.74, 6) is 0.581. The Kier molecular flexibility index (Phi) is 6.99. The number of benzene rings is 1. The minimum Gasteiger partial charge on any atom is -0.398 e. The van der Waals surface area contributed by atoms with Crippen LogP contribution in [-0.2, 0) is 0 Å². The predicted molar refractivity (Wildman–Crippen MR) is 85.6 cm³/mol. The fraction of sp³-hybridized carbons (Fsp3) is 0.625. The summed E-state index contributed by atoms with van der Waals surface area (Å²) in [7, 11) is 4.14. The number of likely N-dealkylation sites (N-methyl/N-ethyl adjacent to an activating group) is 1. The Morgan fingerprint density at radius 2 is 1.75 bits per heavy atom. The topological polar surface area (TPSA) is 52.7 Å². The molecule has 0 aromatic heterocycles. The second-order valence-corrected chi connectivity index (χ2v) is 6.10. The van der Waals surface area contributed by atoms with Gasteiger partial charge in [-0.25, -0.2) is 0 Å². The van der Waals surface area contributed by atoms with Crippen molar-refractivity contribution in [1.82, 2.24) is 9.80 Å². The van der Waals surface area contributed by atoms with Crippen LogP contribution in [0.1, 0.15) is 25.5 Å². The summed E-state index contributed by atoms with van der Waals surface area (Å²) < 4.78 is 0. The molecular weight excluding hydrogens is 250 g/mol. The zero-order valence-electron chi connectivity index (χ0n) is 13.2. The average molecular weight is 279 g/mol. The Morgan fingerprint density at radius 1 is 1.10 bits per heavy atom. The summed E-state index contributed by atoms with van der Waals surface area (Å²) in [5.41, 5.74) is 7.42. The zero-order chi connectivity index (χ0) is 15.1. The summed E-state index contributed by atoms with van der Waals surface area (Å²) in [6, 6.07) is 7.55. The average Bonchev–Trinajstić information content (AvgIpc) is 2.35. The van der Waals surface area contributed by atoms with Crippen LogP contribution < -0.4 is 5.73 Å². The summed E-state index contributed by atoms with van der Waals surface area (Å²) in [4.78, 5) is 4.47. The van der Waals surface area contributed by atoms with Gasteiger partial charge < -0.3 is 15.7 Å². The third-order valence-electron chi connectivity index (χ3n) is 3.27. The van der Waals surface area contributed by atoms with E-state index in [1.807, 2.05) is 24.3 Å². The molecule has 1 unspecified atom stereocenters. The lowest BCUT2D eigenvalue weighted by atomic mass is 10.1. The smallest absolute Gasteiger partial charge is 0.0936 e. The quantitative estimate of drug-likeness (QED) is 0.713. The number of nitrogens with zero attached hydrogens (tertiary/aromatic N) is 2. The van der Waals surface area contributed by atoms with Gasteiger partial charge in [0.15, 0.2) is 0 Å². The number of aliphatic hydroxyl groups excluding tert-OH is 1. The number of rotatable bonds is 8. The van der Waals surface area contributed by atoms with Crippen LogP contribution in [0.15, 0.2) is 24.3 Å². The van der Waals surface area contributed by atoms with E-state index >= 15 is 0 Å². The molecule has 0 heterocycles. The van der Waals surface area contributed by atoms with Crippen LogP contribution in [0.4, 0.5) is 5.69 Å². The van der Waals surface area contributed by atoms with Crippen molar-refractivity contribution in [2.24, 2.45) is 5.92 Å². The van der Waals surface area contributed by atoms with Gasteiger partial charge in [-0.3, -0.25) is 4.90 Å². The first-order valence-electron chi connectivity index (χ1n) is 7.29. The van der Waals surface area contributed by atoms with Gasteiger partial charge in [-0.1, -0.05) is 32.0 Å². The summed E-state index contributed by atoms with van der Waals surface area (Å²) in [5, 5.41) is 10.4. The molecule has 1 aromatic rings. The molecule has 0 fully saturated rings. The molecule has 4 nitrogen and oxygen atoms in total. The minimum atomic E-state index is -0.530. The Bertz CT molecular complexity index is 393. The number of nitrogen functional groups attached to an aromatic ring is 1. The van der Waals surface area contributed by atoms with Gasteiger partial charge in [0.1, 0.15) is 0 Å². The molecule has 0 amide bonds. The van der Waals surface area contributed by atoms with E-state index in [2.05, 4.69) is 37.7 Å². The molecule has 1 rings (SSSR count). The normalized spacial score (nSPS) is 13.4. The van der Waals surface area contributed by atoms with Crippen molar-refractivity contribution in [2.45, 2.75) is 20.0 Å². The van der Waals surface area contributed by atoms with E-state index in [4.69, 9.17) is 5.73 Å². The second-order valence-electron chi connectivity index (χ2n) is 6.10. The van der Waals surface area contributed by atoms with Crippen molar-refractivity contribution < 1.29 is 5.11 Å². The van der Waals surface area contributed by atoms with Crippen LogP contribution in [0, 0.1) is 5.92 Å². The number of aliphatic hydroxyl groups is 1. The number of para-hydroxylation sites is 1. The Hall–Kier alpha value is -1.10. The summed E-state index contributed by atoms with van der Waals surface area (Å²) in [6.07, 6.45) is -0.530. The number of hydrogen-bond acceptors (Lipinski definition) is 4. The van der Waals surface area contributed by atoms with Crippen molar-refractivity contribution >= 4 is 5.69 Å². The largest absolute Gasteiger partial charge is 0.398 e. The SMILES string of the molecule is CC(C)CN(CCN(C)C)CC(O)c1ccccc1N. The standard InChI is InChI=1S/C16H29N3O/c1-13(2)11-19(10-9-18(3)4)12-16(20)14-7-5-6-8-15(14)17/h5-8,13,16,20H,9-12,17H2,1-4H3. The fourth-order valence-electron chi connectivity index (χ4n) is 2.27. The van der Waals surface area contributed by atoms with Crippen molar-refractivity contribution in [3.05, 3.63) is 29.8 Å². The highest BCUT2D eigenvalue weighted by Crippen LogP contribution is 2.21. The van der Waals surface area contributed by atoms with E-state index in [9.17, 15) is 5.11 Å². The van der Waals surface area contributed by atoms with Crippen LogP contribution >= 0.6 is 0 Å². The molecule has 20 heavy (non-hydrogen) atoms. The molecule has 0 saturated carbocycles. The molecule has 4 heteroatoms. The first-order valence-corrected chi connectivity index (χ1v) is 7.29. The lowest BCUT2D eigenvalue weighted by molar-refractivity contribution is 0.102. The van der Waals surface area contributed by atoms with Crippen molar-refractivity contribution in [1.29, 1.82) is 0 Å². The third kappa shape index (κ3) is 5.90. The summed E-state index contributed by atoms with van der Waals surface area (Å²) in [6.45, 7) is 7.95. The molecule has 1 atom stereocenters. The number of nitrogens with two attached hydrogens (primary N) is 1. The van der Waals surface area contributed by atoms with E-state index in [1.165, 1.54) is 0 Å². The van der Waals surface area contributed by atoms with Gasteiger partial charge >= 0.3 is 0 Å². The molecule has 0 saturated heterocycles. The van der Waals surface area contributed by atoms with Crippen LogP contribution in [0.25, 0.3) is 0 Å². The van der Waals surface area contributed by atoms with Crippen LogP contribution in [-0.4, -0.2) is 55.2 Å². The van der Waals surface area contributed by atoms with Gasteiger partial charge in [-0.05, 0) is 26.1 Å². The lowest BCUT2D eigenvalue weighted by Gasteiger charge is -2.28. The van der Waals surface area contributed by atoms with Gasteiger partial charge in [0.2, 0.25) is 0 Å². The van der Waals surface area contributed by atoms with Crippen LogP contribution in [0.3, 0.4) is 0 Å². The van der Waals surface area contributed by atoms with E-state index in [0.717, 1.165) is 25.2 Å². The van der Waals surface area contributed by atoms with Gasteiger partial charge in [0.25, 0.3) is 0 Å². The predicted octanol–water partition coefficient (Wildman–Crippen LogP) is 1.82. The maximum Gasteiger partial charge on any atom is 0.0936 e. The highest BCUT2D eigenvalue weighted by molar-refractivity contribution is 5.47. The fourth-order valence-corrected chi connectivity index (χ4v) is 2.27. The van der Waals surface area contributed by atoms with E-state index in [0.29, 0.717) is 18.2 Å². The van der Waals surface area contributed by atoms with Gasteiger partial charge in [-0.2, -0.15) is 0 Å². The molecular formula is C16H29N3O. The molecule has 0 radical (unpaired) electrons. The first kappa shape index (κ1) is 17.0. The van der Waals surface area contributed by atoms with Gasteiger partial charge in [0.05, 0.1) is 6.10 Å². The first-order chi connectivity index (χ1) is 9.40. The van der Waals surface area contributed by atoms with Crippen molar-refractivity contribution in [3.63, 3.8) is 0 Å².